The van der Waals surface area contributed by atoms with Crippen LogP contribution in [0.15, 0.2) is 18.3 Å². The van der Waals surface area contributed by atoms with Crippen LogP contribution in [0.25, 0.3) is 0 Å². The maximum atomic E-state index is 12.3. The third kappa shape index (κ3) is 4.23. The van der Waals surface area contributed by atoms with Crippen molar-refractivity contribution in [3.63, 3.8) is 0 Å². The zero-order valence-electron chi connectivity index (χ0n) is 11.8. The molecule has 1 saturated carbocycles. The first-order valence-electron chi connectivity index (χ1n) is 7.06. The van der Waals surface area contributed by atoms with Crippen LogP contribution in [0.1, 0.15) is 38.8 Å². The highest BCUT2D eigenvalue weighted by Crippen LogP contribution is 2.28. The van der Waals surface area contributed by atoms with Crippen LogP contribution in [0.4, 0.5) is 5.69 Å². The van der Waals surface area contributed by atoms with Gasteiger partial charge < -0.3 is 10.6 Å². The van der Waals surface area contributed by atoms with Gasteiger partial charge >= 0.3 is 0 Å². The van der Waals surface area contributed by atoms with Crippen LogP contribution in [0.2, 0.25) is 0 Å². The Labute approximate surface area is 115 Å². The summed E-state index contributed by atoms with van der Waals surface area (Å²) in [6, 6.07) is 4.10. The molecule has 19 heavy (non-hydrogen) atoms. The van der Waals surface area contributed by atoms with Gasteiger partial charge in [0.2, 0.25) is 5.91 Å². The van der Waals surface area contributed by atoms with Gasteiger partial charge in [0.15, 0.2) is 0 Å². The topological polar surface area (TPSA) is 59.2 Å². The van der Waals surface area contributed by atoms with Crippen LogP contribution in [0, 0.1) is 5.92 Å². The Morgan fingerprint density at radius 2 is 2.21 bits per heavy atom. The van der Waals surface area contributed by atoms with Crippen LogP contribution in [0.5, 0.6) is 0 Å². The van der Waals surface area contributed by atoms with E-state index >= 15 is 0 Å². The number of nitrogens with zero attached hydrogens (tertiary/aromatic N) is 2. The minimum Gasteiger partial charge on any atom is -0.397 e. The second-order valence-electron chi connectivity index (χ2n) is 5.76. The van der Waals surface area contributed by atoms with Crippen LogP contribution < -0.4 is 5.73 Å². The normalized spacial score (nSPS) is 14.7. The Balaban J connectivity index is 1.93. The van der Waals surface area contributed by atoms with E-state index in [9.17, 15) is 4.79 Å². The molecule has 1 aliphatic rings. The summed E-state index contributed by atoms with van der Waals surface area (Å²) in [6.45, 7) is 5.25. The number of carbonyl (C=O) groups excluding carboxylic acids is 1. The van der Waals surface area contributed by atoms with Crippen molar-refractivity contribution in [1.82, 2.24) is 9.88 Å². The summed E-state index contributed by atoms with van der Waals surface area (Å²) in [5, 5.41) is 0. The molecule has 1 heterocycles. The molecule has 1 amide bonds. The van der Waals surface area contributed by atoms with Crippen LogP contribution in [-0.2, 0) is 11.2 Å². The molecule has 2 rings (SSSR count). The first kappa shape index (κ1) is 13.8. The third-order valence-electron chi connectivity index (χ3n) is 3.44. The smallest absolute Gasteiger partial charge is 0.228 e. The highest BCUT2D eigenvalue weighted by Gasteiger charge is 2.32. The van der Waals surface area contributed by atoms with Gasteiger partial charge in [0, 0.05) is 18.3 Å². The Kier molecular flexibility index (Phi) is 4.40. The Morgan fingerprint density at radius 3 is 2.74 bits per heavy atom. The minimum absolute atomic E-state index is 0.195. The molecule has 0 aromatic carbocycles. The number of rotatable bonds is 6. The van der Waals surface area contributed by atoms with E-state index in [2.05, 4.69) is 18.8 Å². The summed E-state index contributed by atoms with van der Waals surface area (Å²) in [5.74, 6) is 0.823. The number of carbonyl (C=O) groups is 1. The average Bonchev–Trinajstić information content (AvgIpc) is 3.16. The first-order valence-corrected chi connectivity index (χ1v) is 7.06. The zero-order chi connectivity index (χ0) is 13.8. The average molecular weight is 261 g/mol. The molecule has 1 aromatic heterocycles. The van der Waals surface area contributed by atoms with E-state index in [-0.39, 0.29) is 5.91 Å². The van der Waals surface area contributed by atoms with Gasteiger partial charge in [0.05, 0.1) is 18.3 Å². The van der Waals surface area contributed by atoms with Crippen molar-refractivity contribution in [3.05, 3.63) is 24.0 Å². The summed E-state index contributed by atoms with van der Waals surface area (Å²) in [5.41, 5.74) is 7.03. The van der Waals surface area contributed by atoms with Gasteiger partial charge in [-0.2, -0.15) is 0 Å². The van der Waals surface area contributed by atoms with Gasteiger partial charge in [-0.25, -0.2) is 0 Å². The number of aromatic nitrogens is 1. The molecule has 104 valence electrons. The molecule has 0 unspecified atom stereocenters. The molecular weight excluding hydrogens is 238 g/mol. The van der Waals surface area contributed by atoms with Crippen molar-refractivity contribution in [2.75, 3.05) is 12.3 Å². The lowest BCUT2D eigenvalue weighted by atomic mass is 10.1. The van der Waals surface area contributed by atoms with E-state index in [1.807, 2.05) is 11.0 Å². The predicted molar refractivity (Wildman–Crippen MR) is 76.5 cm³/mol. The largest absolute Gasteiger partial charge is 0.397 e. The van der Waals surface area contributed by atoms with Crippen molar-refractivity contribution in [3.8, 4) is 0 Å². The molecule has 1 aliphatic carbocycles. The number of nitrogens with two attached hydrogens (primary N) is 1. The second-order valence-corrected chi connectivity index (χ2v) is 5.76. The monoisotopic (exact) mass is 261 g/mol. The Morgan fingerprint density at radius 1 is 1.47 bits per heavy atom. The highest BCUT2D eigenvalue weighted by atomic mass is 16.2. The van der Waals surface area contributed by atoms with Gasteiger partial charge in [0.1, 0.15) is 0 Å². The lowest BCUT2D eigenvalue weighted by Gasteiger charge is -2.23. The second kappa shape index (κ2) is 6.04. The molecule has 4 heteroatoms. The maximum absolute atomic E-state index is 12.3. The number of amides is 1. The van der Waals surface area contributed by atoms with E-state index in [1.54, 1.807) is 12.3 Å². The maximum Gasteiger partial charge on any atom is 0.228 e. The van der Waals surface area contributed by atoms with Crippen molar-refractivity contribution in [2.45, 2.75) is 45.6 Å². The number of anilines is 1. The van der Waals surface area contributed by atoms with Crippen molar-refractivity contribution >= 4 is 11.6 Å². The van der Waals surface area contributed by atoms with Crippen molar-refractivity contribution in [1.29, 1.82) is 0 Å². The van der Waals surface area contributed by atoms with Crippen LogP contribution in [-0.4, -0.2) is 28.4 Å². The van der Waals surface area contributed by atoms with Gasteiger partial charge in [-0.05, 0) is 37.3 Å². The third-order valence-corrected chi connectivity index (χ3v) is 3.44. The summed E-state index contributed by atoms with van der Waals surface area (Å²) in [7, 11) is 0. The van der Waals surface area contributed by atoms with Crippen molar-refractivity contribution in [2.24, 2.45) is 5.92 Å². The number of nitrogen functional groups attached to an aromatic ring is 1. The molecule has 0 atom stereocenters. The standard InChI is InChI=1S/C15H23N3O/c1-11(2)7-8-18(14-5-6-14)15(19)9-13-4-3-12(16)10-17-13/h3-4,10-11,14H,5-9,16H2,1-2H3. The molecule has 1 aromatic rings. The van der Waals surface area contributed by atoms with Gasteiger partial charge in [-0.1, -0.05) is 13.8 Å². The molecular formula is C15H23N3O. The van der Waals surface area contributed by atoms with Gasteiger partial charge in [-0.3, -0.25) is 9.78 Å². The van der Waals surface area contributed by atoms with E-state index < -0.39 is 0 Å². The van der Waals surface area contributed by atoms with E-state index in [4.69, 9.17) is 5.73 Å². The number of hydrogen-bond acceptors (Lipinski definition) is 3. The summed E-state index contributed by atoms with van der Waals surface area (Å²) in [4.78, 5) is 18.6. The quantitative estimate of drug-likeness (QED) is 0.854. The Bertz CT molecular complexity index is 424. The highest BCUT2D eigenvalue weighted by molar-refractivity contribution is 5.79. The van der Waals surface area contributed by atoms with Crippen LogP contribution >= 0.6 is 0 Å². The van der Waals surface area contributed by atoms with E-state index in [1.165, 1.54) is 0 Å². The zero-order valence-corrected chi connectivity index (χ0v) is 11.8. The first-order chi connectivity index (χ1) is 9.06. The summed E-state index contributed by atoms with van der Waals surface area (Å²) >= 11 is 0. The fourth-order valence-corrected chi connectivity index (χ4v) is 2.09. The molecule has 0 bridgehead atoms. The van der Waals surface area contributed by atoms with E-state index in [0.29, 0.717) is 24.1 Å². The minimum atomic E-state index is 0.195. The van der Waals surface area contributed by atoms with Gasteiger partial charge in [0.25, 0.3) is 0 Å². The van der Waals surface area contributed by atoms with Gasteiger partial charge in [-0.15, -0.1) is 0 Å². The molecule has 0 radical (unpaired) electrons. The Hall–Kier alpha value is -1.58. The lowest BCUT2D eigenvalue weighted by molar-refractivity contribution is -0.131. The summed E-state index contributed by atoms with van der Waals surface area (Å²) < 4.78 is 0. The molecule has 4 nitrogen and oxygen atoms in total. The lowest BCUT2D eigenvalue weighted by Crippen LogP contribution is -2.35. The number of hydrogen-bond donors (Lipinski definition) is 1. The molecule has 0 spiro atoms. The molecule has 1 fully saturated rings. The molecule has 0 aliphatic heterocycles. The molecule has 0 saturated heterocycles. The predicted octanol–water partition coefficient (Wildman–Crippen LogP) is 2.24. The van der Waals surface area contributed by atoms with Crippen molar-refractivity contribution < 1.29 is 4.79 Å². The fourth-order valence-electron chi connectivity index (χ4n) is 2.09. The number of pyridine rings is 1. The fraction of sp³-hybridized carbons (Fsp3) is 0.600. The summed E-state index contributed by atoms with van der Waals surface area (Å²) in [6.07, 6.45) is 5.36. The molecule has 2 N–H and O–H groups in total. The van der Waals surface area contributed by atoms with Crippen LogP contribution in [0.3, 0.4) is 0 Å². The van der Waals surface area contributed by atoms with E-state index in [0.717, 1.165) is 31.5 Å². The SMILES string of the molecule is CC(C)CCN(C(=O)Cc1ccc(N)cn1)C1CC1.